The maximum Gasteiger partial charge on any atom is 0.240 e. The Morgan fingerprint density at radius 1 is 1.00 bits per heavy atom. The van der Waals surface area contributed by atoms with Crippen molar-refractivity contribution in [2.45, 2.75) is 26.3 Å². The molecule has 0 radical (unpaired) electrons. The second-order valence-electron chi connectivity index (χ2n) is 8.60. The Morgan fingerprint density at radius 3 is 2.35 bits per heavy atom. The van der Waals surface area contributed by atoms with E-state index in [9.17, 15) is 18.6 Å². The van der Waals surface area contributed by atoms with Crippen molar-refractivity contribution in [2.75, 3.05) is 35.1 Å². The summed E-state index contributed by atoms with van der Waals surface area (Å²) in [7, 11) is -1.80. The molecule has 2 aromatic carbocycles. The quantitative estimate of drug-likeness (QED) is 0.568. The van der Waals surface area contributed by atoms with Gasteiger partial charge in [0, 0.05) is 38.8 Å². The van der Waals surface area contributed by atoms with Gasteiger partial charge in [0.25, 0.3) is 0 Å². The van der Waals surface area contributed by atoms with Gasteiger partial charge in [-0.15, -0.1) is 0 Å². The van der Waals surface area contributed by atoms with Gasteiger partial charge in [-0.3, -0.25) is 18.6 Å². The number of carbonyl (C=O) groups is 3. The molecule has 0 saturated carbocycles. The van der Waals surface area contributed by atoms with Crippen molar-refractivity contribution in [3.05, 3.63) is 47.5 Å². The third kappa shape index (κ3) is 7.46. The number of hydrogen-bond acceptors (Lipinski definition) is 6. The Labute approximate surface area is 205 Å². The Bertz CT molecular complexity index is 1100. The third-order valence-electron chi connectivity index (χ3n) is 4.49. The number of anilines is 2. The number of benzene rings is 2. The number of nitrogens with zero attached hydrogens (tertiary/aromatic N) is 1. The second kappa shape index (κ2) is 10.9. The van der Waals surface area contributed by atoms with E-state index in [1.807, 2.05) is 20.8 Å². The normalized spacial score (nSPS) is 13.2. The van der Waals surface area contributed by atoms with E-state index in [-0.39, 0.29) is 25.0 Å². The number of nitrogens with one attached hydrogen (secondary N) is 2. The molecule has 3 amide bonds. The van der Waals surface area contributed by atoms with E-state index >= 15 is 0 Å². The fourth-order valence-electron chi connectivity index (χ4n) is 3.13. The van der Waals surface area contributed by atoms with Crippen LogP contribution in [0, 0.1) is 0 Å². The number of carbonyl (C=O) groups excluding carboxylic acids is 3. The van der Waals surface area contributed by atoms with Crippen LogP contribution in [-0.2, 0) is 25.2 Å². The van der Waals surface area contributed by atoms with Crippen LogP contribution in [0.2, 0.25) is 5.02 Å². The number of rotatable bonds is 8. The summed E-state index contributed by atoms with van der Waals surface area (Å²) in [5, 5.41) is 5.90. The lowest BCUT2D eigenvalue weighted by Gasteiger charge is -2.26. The molecule has 1 unspecified atom stereocenters. The molecule has 34 heavy (non-hydrogen) atoms. The predicted octanol–water partition coefficient (Wildman–Crippen LogP) is 2.70. The van der Waals surface area contributed by atoms with Crippen molar-refractivity contribution in [3.8, 4) is 11.5 Å². The van der Waals surface area contributed by atoms with E-state index in [0.29, 0.717) is 27.9 Å². The van der Waals surface area contributed by atoms with Crippen LogP contribution in [0.3, 0.4) is 0 Å². The predicted molar refractivity (Wildman–Crippen MR) is 131 cm³/mol. The van der Waals surface area contributed by atoms with Crippen LogP contribution in [0.15, 0.2) is 42.5 Å². The number of ether oxygens (including phenoxy) is 2. The highest BCUT2D eigenvalue weighted by molar-refractivity contribution is 7.86. The molecule has 2 aromatic rings. The maximum atomic E-state index is 13.0. The first-order valence-electron chi connectivity index (χ1n) is 10.4. The zero-order valence-corrected chi connectivity index (χ0v) is 20.6. The Balaban J connectivity index is 1.62. The molecule has 2 N–H and O–H groups in total. The highest BCUT2D eigenvalue weighted by atomic mass is 35.5. The molecule has 1 aliphatic rings. The van der Waals surface area contributed by atoms with Crippen LogP contribution in [0.4, 0.5) is 11.4 Å². The van der Waals surface area contributed by atoms with Gasteiger partial charge in [0.2, 0.25) is 24.5 Å². The molecule has 0 aromatic heterocycles. The first-order chi connectivity index (χ1) is 16.0. The highest BCUT2D eigenvalue weighted by Crippen LogP contribution is 2.34. The average Bonchev–Trinajstić information content (AvgIpc) is 3.19. The lowest BCUT2D eigenvalue weighted by molar-refractivity contribution is -0.124. The van der Waals surface area contributed by atoms with Crippen molar-refractivity contribution in [1.82, 2.24) is 5.32 Å². The number of fused-ring (bicyclic) bond motifs is 1. The van der Waals surface area contributed by atoms with Gasteiger partial charge in [-0.05, 0) is 57.2 Å². The average molecular weight is 508 g/mol. The van der Waals surface area contributed by atoms with Gasteiger partial charge in [-0.2, -0.15) is 0 Å². The Morgan fingerprint density at radius 2 is 1.68 bits per heavy atom. The van der Waals surface area contributed by atoms with Gasteiger partial charge < -0.3 is 25.0 Å². The Kier molecular flexibility index (Phi) is 8.16. The van der Waals surface area contributed by atoms with Crippen LogP contribution < -0.4 is 25.0 Å². The van der Waals surface area contributed by atoms with Gasteiger partial charge in [0.1, 0.15) is 18.1 Å². The second-order valence-corrected chi connectivity index (χ2v) is 10.5. The van der Waals surface area contributed by atoms with E-state index in [4.69, 9.17) is 21.1 Å². The summed E-state index contributed by atoms with van der Waals surface area (Å²) in [6.07, 6.45) is 0. The van der Waals surface area contributed by atoms with Gasteiger partial charge >= 0.3 is 0 Å². The zero-order chi connectivity index (χ0) is 24.9. The van der Waals surface area contributed by atoms with E-state index < -0.39 is 33.9 Å². The van der Waals surface area contributed by atoms with Crippen LogP contribution in [-0.4, -0.2) is 52.3 Å². The topological polar surface area (TPSA) is 114 Å². The summed E-state index contributed by atoms with van der Waals surface area (Å²) in [4.78, 5) is 39.0. The molecule has 11 heteroatoms. The summed E-state index contributed by atoms with van der Waals surface area (Å²) >= 11 is 5.94. The fourth-order valence-corrected chi connectivity index (χ4v) is 4.15. The van der Waals surface area contributed by atoms with Crippen molar-refractivity contribution >= 4 is 51.5 Å². The molecule has 1 heterocycles. The van der Waals surface area contributed by atoms with Gasteiger partial charge in [0.05, 0.1) is 0 Å². The van der Waals surface area contributed by atoms with E-state index in [0.717, 1.165) is 0 Å². The van der Waals surface area contributed by atoms with Crippen LogP contribution in [0.1, 0.15) is 20.8 Å². The van der Waals surface area contributed by atoms with Crippen LogP contribution in [0.5, 0.6) is 11.5 Å². The monoisotopic (exact) mass is 507 g/mol. The summed E-state index contributed by atoms with van der Waals surface area (Å²) in [5.74, 6) is -1.19. The van der Waals surface area contributed by atoms with Crippen molar-refractivity contribution in [1.29, 1.82) is 0 Å². The van der Waals surface area contributed by atoms with Crippen molar-refractivity contribution in [3.63, 3.8) is 0 Å². The molecule has 0 bridgehead atoms. The summed E-state index contributed by atoms with van der Waals surface area (Å²) < 4.78 is 23.1. The van der Waals surface area contributed by atoms with Gasteiger partial charge in [-0.1, -0.05) is 11.6 Å². The maximum absolute atomic E-state index is 13.0. The molecule has 0 aliphatic carbocycles. The first kappa shape index (κ1) is 25.5. The zero-order valence-electron chi connectivity index (χ0n) is 19.1. The van der Waals surface area contributed by atoms with E-state index in [1.54, 1.807) is 42.5 Å². The molecule has 0 saturated heterocycles. The molecule has 1 atom stereocenters. The first-order valence-corrected chi connectivity index (χ1v) is 12.3. The fraction of sp³-hybridized carbons (Fsp3) is 0.348. The molecule has 182 valence electrons. The molecule has 9 nitrogen and oxygen atoms in total. The largest absolute Gasteiger partial charge is 0.454 e. The van der Waals surface area contributed by atoms with Crippen LogP contribution >= 0.6 is 11.6 Å². The minimum Gasteiger partial charge on any atom is -0.454 e. The molecule has 0 spiro atoms. The lowest BCUT2D eigenvalue weighted by atomic mass is 10.1. The summed E-state index contributed by atoms with van der Waals surface area (Å²) in [6, 6.07) is 11.3. The minimum atomic E-state index is -1.80. The third-order valence-corrected chi connectivity index (χ3v) is 5.89. The number of amides is 3. The van der Waals surface area contributed by atoms with Gasteiger partial charge in [-0.25, -0.2) is 0 Å². The SMILES string of the molecule is CC(C)(C)NC(=O)CN(C(=O)CS(=O)CC(=O)Nc1ccc2c(c1)OCO2)c1ccc(Cl)cc1. The van der Waals surface area contributed by atoms with Crippen molar-refractivity contribution < 1.29 is 28.1 Å². The Hall–Kier alpha value is -3.11. The number of halogens is 1. The van der Waals surface area contributed by atoms with Gasteiger partial charge in [0.15, 0.2) is 11.5 Å². The summed E-state index contributed by atoms with van der Waals surface area (Å²) in [6.45, 7) is 5.32. The molecular formula is C23H26ClN3O6S. The van der Waals surface area contributed by atoms with Crippen LogP contribution in [0.25, 0.3) is 0 Å². The molecule has 0 fully saturated rings. The molecular weight excluding hydrogens is 482 g/mol. The molecule has 3 rings (SSSR count). The van der Waals surface area contributed by atoms with E-state index in [2.05, 4.69) is 10.6 Å². The van der Waals surface area contributed by atoms with Crippen molar-refractivity contribution in [2.24, 2.45) is 0 Å². The summed E-state index contributed by atoms with van der Waals surface area (Å²) in [5.41, 5.74) is 0.404. The highest BCUT2D eigenvalue weighted by Gasteiger charge is 2.24. The molecule has 1 aliphatic heterocycles. The smallest absolute Gasteiger partial charge is 0.240 e. The van der Waals surface area contributed by atoms with E-state index in [1.165, 1.54) is 4.90 Å². The standard InChI is InChI=1S/C23H26ClN3O6S/c1-23(2,3)26-20(28)11-27(17-7-4-15(24)5-8-17)22(30)13-34(31)12-21(29)25-16-6-9-18-19(10-16)33-14-32-18/h4-10H,11-14H2,1-3H3,(H,25,29)(H,26,28). The lowest BCUT2D eigenvalue weighted by Crippen LogP contribution is -2.48. The minimum absolute atomic E-state index is 0.108. The number of hydrogen-bond donors (Lipinski definition) is 2.